The Morgan fingerprint density at radius 1 is 0.882 bits per heavy atom. The fraction of sp³-hybridized carbons (Fsp3) is 0.154. The molecule has 174 valence electrons. The molecule has 0 radical (unpaired) electrons. The number of benzene rings is 3. The van der Waals surface area contributed by atoms with Crippen molar-refractivity contribution in [1.82, 2.24) is 9.88 Å². The number of aromatic amines is 1. The number of Topliss-reactive ketones (excluding diaryl/α,β-unsaturated/α-hetero) is 1. The Morgan fingerprint density at radius 2 is 1.50 bits per heavy atom. The predicted octanol–water partition coefficient (Wildman–Crippen LogP) is 4.82. The zero-order valence-electron chi connectivity index (χ0n) is 18.9. The van der Waals surface area contributed by atoms with Crippen molar-refractivity contribution in [3.8, 4) is 11.1 Å². The summed E-state index contributed by atoms with van der Waals surface area (Å²) < 4.78 is 25.6. The van der Waals surface area contributed by atoms with Crippen molar-refractivity contribution in [2.75, 3.05) is 17.4 Å². The number of carbonyl (C=O) groups excluding carboxylic acids is 2. The predicted molar refractivity (Wildman–Crippen MR) is 133 cm³/mol. The maximum Gasteiger partial charge on any atom is 0.295 e. The highest BCUT2D eigenvalue weighted by Crippen LogP contribution is 2.32. The van der Waals surface area contributed by atoms with E-state index in [9.17, 15) is 18.4 Å². The lowest BCUT2D eigenvalue weighted by Crippen LogP contribution is -2.36. The molecule has 7 nitrogen and oxygen atoms in total. The standard InChI is InChI=1S/C26H25N3O4S/c1-3-28(4-2)26(31)25(30)23-17-27-24-15-14-21(16-22(23)24)29(34(32)33)20-12-10-19(11-13-20)18-8-6-5-7-9-18/h5-17,27H,3-4H2,1-2H3,(H,32,33)/p-1. The van der Waals surface area contributed by atoms with Crippen LogP contribution >= 0.6 is 0 Å². The lowest BCUT2D eigenvalue weighted by atomic mass is 10.1. The van der Waals surface area contributed by atoms with E-state index in [4.69, 9.17) is 0 Å². The summed E-state index contributed by atoms with van der Waals surface area (Å²) >= 11 is -2.61. The van der Waals surface area contributed by atoms with Crippen molar-refractivity contribution < 1.29 is 18.4 Å². The monoisotopic (exact) mass is 474 g/mol. The van der Waals surface area contributed by atoms with Gasteiger partial charge in [0.25, 0.3) is 11.7 Å². The van der Waals surface area contributed by atoms with Gasteiger partial charge in [-0.3, -0.25) is 18.1 Å². The van der Waals surface area contributed by atoms with Crippen molar-refractivity contribution >= 4 is 45.2 Å². The Morgan fingerprint density at radius 3 is 2.12 bits per heavy atom. The minimum absolute atomic E-state index is 0.213. The molecule has 1 amide bonds. The molecule has 0 aliphatic carbocycles. The average molecular weight is 475 g/mol. The molecule has 0 aliphatic heterocycles. The normalized spacial score (nSPS) is 11.9. The second kappa shape index (κ2) is 10.0. The van der Waals surface area contributed by atoms with Gasteiger partial charge in [-0.15, -0.1) is 0 Å². The highest BCUT2D eigenvalue weighted by Gasteiger charge is 2.24. The highest BCUT2D eigenvalue weighted by atomic mass is 32.2. The summed E-state index contributed by atoms with van der Waals surface area (Å²) in [5, 5.41) is 0.486. The van der Waals surface area contributed by atoms with Crippen LogP contribution in [0, 0.1) is 0 Å². The molecule has 1 heterocycles. The second-order valence-electron chi connectivity index (χ2n) is 7.66. The molecule has 4 aromatic rings. The summed E-state index contributed by atoms with van der Waals surface area (Å²) in [5.74, 6) is -1.22. The van der Waals surface area contributed by atoms with E-state index in [1.165, 1.54) is 11.1 Å². The first-order valence-corrected chi connectivity index (χ1v) is 12.0. The topological polar surface area (TPSA) is 96.5 Å². The number of nitrogens with one attached hydrogen (secondary N) is 1. The summed E-state index contributed by atoms with van der Waals surface area (Å²) in [4.78, 5) is 29.9. The third-order valence-corrected chi connectivity index (χ3v) is 6.47. The van der Waals surface area contributed by atoms with Gasteiger partial charge in [0.1, 0.15) is 0 Å². The zero-order valence-corrected chi connectivity index (χ0v) is 19.7. The van der Waals surface area contributed by atoms with Crippen LogP contribution in [-0.2, 0) is 16.1 Å². The first-order valence-electron chi connectivity index (χ1n) is 10.9. The Bertz CT molecular complexity index is 1350. The van der Waals surface area contributed by atoms with Gasteiger partial charge < -0.3 is 14.4 Å². The number of likely N-dealkylation sites (N-methyl/N-ethyl adjacent to an activating group) is 1. The lowest BCUT2D eigenvalue weighted by molar-refractivity contribution is -0.126. The van der Waals surface area contributed by atoms with E-state index in [-0.39, 0.29) is 5.56 Å². The molecule has 1 atom stereocenters. The van der Waals surface area contributed by atoms with Crippen LogP contribution in [0.2, 0.25) is 0 Å². The first kappa shape index (κ1) is 23.4. The van der Waals surface area contributed by atoms with Gasteiger partial charge in [-0.2, -0.15) is 0 Å². The van der Waals surface area contributed by atoms with Gasteiger partial charge in [0.2, 0.25) is 0 Å². The number of H-pyrrole nitrogens is 1. The molecule has 1 N–H and O–H groups in total. The maximum absolute atomic E-state index is 12.9. The molecular weight excluding hydrogens is 450 g/mol. The molecule has 0 aliphatic rings. The molecule has 0 bridgehead atoms. The molecule has 1 aromatic heterocycles. The van der Waals surface area contributed by atoms with Gasteiger partial charge in [-0.05, 0) is 55.3 Å². The number of carbonyl (C=O) groups is 2. The third kappa shape index (κ3) is 4.50. The van der Waals surface area contributed by atoms with Gasteiger partial charge in [0.15, 0.2) is 0 Å². The van der Waals surface area contributed by atoms with Gasteiger partial charge in [0.05, 0.1) is 28.2 Å². The number of rotatable bonds is 8. The summed E-state index contributed by atoms with van der Waals surface area (Å²) in [7, 11) is 0. The molecule has 8 heteroatoms. The van der Waals surface area contributed by atoms with Crippen LogP contribution < -0.4 is 4.31 Å². The van der Waals surface area contributed by atoms with Gasteiger partial charge >= 0.3 is 0 Å². The molecular formula is C26H24N3O4S-. The van der Waals surface area contributed by atoms with Crippen molar-refractivity contribution in [2.24, 2.45) is 0 Å². The summed E-state index contributed by atoms with van der Waals surface area (Å²) in [6.07, 6.45) is 1.49. The van der Waals surface area contributed by atoms with E-state index in [1.807, 2.05) is 56.3 Å². The molecule has 0 fully saturated rings. The van der Waals surface area contributed by atoms with Crippen LogP contribution in [0.25, 0.3) is 22.0 Å². The molecule has 0 spiro atoms. The largest absolute Gasteiger partial charge is 0.755 e. The van der Waals surface area contributed by atoms with Crippen LogP contribution in [0.4, 0.5) is 11.4 Å². The third-order valence-electron chi connectivity index (χ3n) is 5.75. The molecule has 3 aromatic carbocycles. The summed E-state index contributed by atoms with van der Waals surface area (Å²) in [5.41, 5.74) is 3.65. The Labute approximate surface area is 200 Å². The molecule has 0 saturated heterocycles. The number of fused-ring (bicyclic) bond motifs is 1. The quantitative estimate of drug-likeness (QED) is 0.225. The summed E-state index contributed by atoms with van der Waals surface area (Å²) in [6.45, 7) is 4.48. The summed E-state index contributed by atoms with van der Waals surface area (Å²) in [6, 6.07) is 21.9. The maximum atomic E-state index is 12.9. The molecule has 4 rings (SSSR count). The number of aromatic nitrogens is 1. The van der Waals surface area contributed by atoms with Crippen LogP contribution in [0.5, 0.6) is 0 Å². The first-order chi connectivity index (χ1) is 16.4. The number of ketones is 1. The van der Waals surface area contributed by atoms with Crippen molar-refractivity contribution in [3.05, 3.63) is 84.6 Å². The minimum atomic E-state index is -2.61. The fourth-order valence-corrected chi connectivity index (χ4v) is 4.51. The van der Waals surface area contributed by atoms with Crippen LogP contribution in [-0.4, -0.2) is 43.4 Å². The number of hydrogen-bond acceptors (Lipinski definition) is 4. The van der Waals surface area contributed by atoms with Crippen LogP contribution in [0.1, 0.15) is 24.2 Å². The van der Waals surface area contributed by atoms with E-state index in [1.54, 1.807) is 30.3 Å². The fourth-order valence-electron chi connectivity index (χ4n) is 3.93. The van der Waals surface area contributed by atoms with Crippen molar-refractivity contribution in [3.63, 3.8) is 0 Å². The average Bonchev–Trinajstić information content (AvgIpc) is 3.28. The van der Waals surface area contributed by atoms with E-state index in [0.29, 0.717) is 35.4 Å². The Kier molecular flexibility index (Phi) is 6.90. The highest BCUT2D eigenvalue weighted by molar-refractivity contribution is 7.81. The SMILES string of the molecule is CCN(CC)C(=O)C(=O)c1c[nH]c2ccc(N(c3ccc(-c4ccccc4)cc3)S(=O)[O-])cc12. The van der Waals surface area contributed by atoms with E-state index in [2.05, 4.69) is 4.98 Å². The van der Waals surface area contributed by atoms with Crippen molar-refractivity contribution in [1.29, 1.82) is 0 Å². The lowest BCUT2D eigenvalue weighted by Gasteiger charge is -2.27. The molecule has 0 saturated carbocycles. The smallest absolute Gasteiger partial charge is 0.295 e. The second-order valence-corrected chi connectivity index (χ2v) is 8.46. The van der Waals surface area contributed by atoms with Gasteiger partial charge in [0, 0.05) is 30.2 Å². The molecule has 1 unspecified atom stereocenters. The zero-order chi connectivity index (χ0) is 24.2. The number of hydrogen-bond donors (Lipinski definition) is 1. The Hall–Kier alpha value is -3.75. The number of nitrogens with zero attached hydrogens (tertiary/aromatic N) is 2. The van der Waals surface area contributed by atoms with Crippen molar-refractivity contribution in [2.45, 2.75) is 13.8 Å². The van der Waals surface area contributed by atoms with Gasteiger partial charge in [-0.1, -0.05) is 42.5 Å². The minimum Gasteiger partial charge on any atom is -0.755 e. The van der Waals surface area contributed by atoms with E-state index >= 15 is 0 Å². The number of amides is 1. The number of anilines is 2. The van der Waals surface area contributed by atoms with Crippen LogP contribution in [0.15, 0.2) is 79.0 Å². The van der Waals surface area contributed by atoms with E-state index in [0.717, 1.165) is 15.4 Å². The van der Waals surface area contributed by atoms with Gasteiger partial charge in [-0.25, -0.2) is 0 Å². The Balaban J connectivity index is 1.71. The van der Waals surface area contributed by atoms with E-state index < -0.39 is 23.0 Å². The molecule has 34 heavy (non-hydrogen) atoms. The van der Waals surface area contributed by atoms with Crippen LogP contribution in [0.3, 0.4) is 0 Å².